The number of likely N-dealkylation sites (N-methyl/N-ethyl adjacent to an activating group) is 1. The number of carbonyl (C=O) groups is 4. The molecule has 4 amide bonds. The summed E-state index contributed by atoms with van der Waals surface area (Å²) in [6.45, 7) is 38.1. The number of hydrogen-bond acceptors (Lipinski definition) is 23. The molecule has 4 aliphatic rings. The van der Waals surface area contributed by atoms with Gasteiger partial charge < -0.3 is 93.9 Å². The minimum absolute atomic E-state index is 0.137. The first-order valence-electron chi connectivity index (χ1n) is 48.3. The summed E-state index contributed by atoms with van der Waals surface area (Å²) in [5.74, 6) is 0.803. The number of carbonyl (C=O) groups excluding carboxylic acids is 4. The van der Waals surface area contributed by atoms with E-state index in [9.17, 15) is 39.6 Å². The largest absolute Gasteiger partial charge is 0.507 e. The van der Waals surface area contributed by atoms with E-state index in [4.69, 9.17) is 39.3 Å². The highest BCUT2D eigenvalue weighted by molar-refractivity contribution is 6.33. The normalized spacial score (nSPS) is 15.0. The Balaban J connectivity index is 0.000000150. The van der Waals surface area contributed by atoms with Gasteiger partial charge in [-0.15, -0.1) is 0 Å². The van der Waals surface area contributed by atoms with E-state index in [0.29, 0.717) is 142 Å². The van der Waals surface area contributed by atoms with Crippen molar-refractivity contribution in [3.8, 4) is 23.0 Å². The topological polar surface area (TPSA) is 445 Å². The van der Waals surface area contributed by atoms with Crippen LogP contribution in [0.1, 0.15) is 203 Å². The van der Waals surface area contributed by atoms with Crippen LogP contribution in [-0.2, 0) is 63.1 Å². The van der Waals surface area contributed by atoms with Crippen molar-refractivity contribution in [2.75, 3.05) is 126 Å². The van der Waals surface area contributed by atoms with Crippen molar-refractivity contribution < 1.29 is 44.3 Å². The molecule has 32 heteroatoms. The second-order valence-corrected chi connectivity index (χ2v) is 38.4. The standard InChI is InChI=1S/C31H36N6O2.C26H32ClN5O3.C26H34N6O2.C26H33N5O2/c1-21-16-25(17-22(2)29(21)38)19-33-31-28(30(32)39)27(34-35-31)18-23-8-10-26(11-9-23)37-14-12-36(13-15-37)20-24-6-4-3-5-7-24;1-14-7-19(8-15(2)24(14)33)11-29-26-23(25(28)34)21(30-31-26)10-18-5-6-22(20(27)9-18)32-12-16(3)35-17(4)13-32;1-16-11-19(5-6-22(16)32-9-7-31(4)8-10-32)14-21-23(25(27)34)26(30-29-21)28-15-20-12-17(2)24(33)18(3)13-20;1-16-11-19(7-8-22(16)31-9-5-4-6-10-31)14-21-23(25(27)33)26(30-29-21)28-15-20-12-17(2)24(32)18(3)13-20/h3-11,16-17,38H,12-15,18-20H2,1-2H3,(H2,32,39)(H2,33,34,35);5-9,16-17,33H,10-13H2,1-4H3,(H2,28,34)(H2,29,30,31);5-6,11-13,33H,7-10,14-15H2,1-4H3,(H2,27,34)(H2,28,29,30);7-8,11-13,32H,4-6,9-10,14-15H2,1-3H3,(H2,27,33)(H2,28,29,30)/t;16-,17+;;. The molecule has 13 aromatic rings. The lowest BCUT2D eigenvalue weighted by molar-refractivity contribution is -0.00522. The first-order chi connectivity index (χ1) is 67.5. The van der Waals surface area contributed by atoms with E-state index in [0.717, 1.165) is 180 Å². The average molecular weight is 1930 g/mol. The van der Waals surface area contributed by atoms with Gasteiger partial charge in [-0.05, 0) is 251 Å². The van der Waals surface area contributed by atoms with E-state index >= 15 is 0 Å². The van der Waals surface area contributed by atoms with Crippen LogP contribution in [0.25, 0.3) is 0 Å². The van der Waals surface area contributed by atoms with Gasteiger partial charge in [0.1, 0.15) is 45.3 Å². The van der Waals surface area contributed by atoms with Gasteiger partial charge in [0.25, 0.3) is 23.6 Å². The summed E-state index contributed by atoms with van der Waals surface area (Å²) in [6, 6.07) is 53.3. The molecule has 0 saturated carbocycles. The minimum Gasteiger partial charge on any atom is -0.507 e. The Labute approximate surface area is 830 Å². The van der Waals surface area contributed by atoms with Crippen LogP contribution < -0.4 is 63.8 Å². The lowest BCUT2D eigenvalue weighted by Crippen LogP contribution is -2.45. The fourth-order valence-electron chi connectivity index (χ4n) is 19.4. The number of aromatic amines is 4. The van der Waals surface area contributed by atoms with Crippen LogP contribution in [0.2, 0.25) is 5.02 Å². The number of rotatable bonds is 30. The van der Waals surface area contributed by atoms with E-state index in [-0.39, 0.29) is 18.0 Å². The highest BCUT2D eigenvalue weighted by atomic mass is 35.5. The number of nitrogens with one attached hydrogen (secondary N) is 8. The summed E-state index contributed by atoms with van der Waals surface area (Å²) in [5.41, 5.74) is 50.2. The Bertz CT molecular complexity index is 6480. The lowest BCUT2D eigenvalue weighted by Gasteiger charge is -2.37. The second kappa shape index (κ2) is 46.5. The molecule has 0 aliphatic carbocycles. The van der Waals surface area contributed by atoms with E-state index in [2.05, 4.69) is 217 Å². The molecule has 141 heavy (non-hydrogen) atoms. The van der Waals surface area contributed by atoms with Crippen molar-refractivity contribution in [1.29, 1.82) is 0 Å². The van der Waals surface area contributed by atoms with Crippen LogP contribution in [0, 0.1) is 69.2 Å². The Hall–Kier alpha value is -14.5. The molecule has 8 heterocycles. The van der Waals surface area contributed by atoms with Gasteiger partial charge in [0, 0.05) is 154 Å². The number of nitrogens with two attached hydrogens (primary N) is 4. The summed E-state index contributed by atoms with van der Waals surface area (Å²) in [7, 11) is 2.16. The number of halogens is 1. The number of piperidine rings is 1. The van der Waals surface area contributed by atoms with Crippen molar-refractivity contribution in [3.63, 3.8) is 0 Å². The van der Waals surface area contributed by atoms with E-state index < -0.39 is 23.6 Å². The third-order valence-corrected chi connectivity index (χ3v) is 27.0. The van der Waals surface area contributed by atoms with Crippen molar-refractivity contribution >= 4 is 81.3 Å². The van der Waals surface area contributed by atoms with Crippen molar-refractivity contribution in [1.82, 2.24) is 50.6 Å². The van der Waals surface area contributed by atoms with Crippen molar-refractivity contribution in [3.05, 3.63) is 313 Å². The SMILES string of the molecule is Cc1cc(CNc2n[nH]c(Cc3ccc(N4CCN(Cc5ccccc5)CC4)cc3)c2C(N)=O)cc(C)c1O.Cc1cc(CNc2n[nH]c(Cc3ccc(N4C[C@@H](C)O[C@@H](C)C4)c(Cl)c3)c2C(N)=O)cc(C)c1O.Cc1cc(Cc2[nH]nc(NCc3cc(C)c(O)c(C)c3)c2C(N)=O)ccc1N1CCCCC1.Cc1cc(Cc2[nH]nc(NCc3cc(C)c(O)c(C)c3)c2C(N)=O)ccc1N1CCN(C)CC1. The number of H-pyrrole nitrogens is 4. The van der Waals surface area contributed by atoms with E-state index in [1.165, 1.54) is 53.0 Å². The Kier molecular flexibility index (Phi) is 33.8. The van der Waals surface area contributed by atoms with Gasteiger partial charge in [-0.3, -0.25) is 44.5 Å². The summed E-state index contributed by atoms with van der Waals surface area (Å²) >= 11 is 6.66. The van der Waals surface area contributed by atoms with Crippen LogP contribution in [0.3, 0.4) is 0 Å². The van der Waals surface area contributed by atoms with Gasteiger partial charge in [-0.25, -0.2) is 0 Å². The number of nitrogens with zero attached hydrogens (tertiary/aromatic N) is 10. The van der Waals surface area contributed by atoms with Crippen LogP contribution >= 0.6 is 11.6 Å². The van der Waals surface area contributed by atoms with Crippen LogP contribution in [0.15, 0.2) is 158 Å². The molecule has 4 fully saturated rings. The van der Waals surface area contributed by atoms with Crippen molar-refractivity contribution in [2.24, 2.45) is 22.9 Å². The number of aromatic hydroxyl groups is 4. The van der Waals surface area contributed by atoms with Gasteiger partial charge in [-0.2, -0.15) is 20.4 Å². The number of hydrogen-bond donors (Lipinski definition) is 16. The number of aromatic nitrogens is 8. The summed E-state index contributed by atoms with van der Waals surface area (Å²) in [4.78, 5) is 63.6. The monoisotopic (exact) mass is 1930 g/mol. The molecule has 4 saturated heterocycles. The molecule has 0 radical (unpaired) electrons. The molecule has 9 aromatic carbocycles. The molecule has 742 valence electrons. The molecule has 4 aromatic heterocycles. The average Bonchev–Trinajstić information content (AvgIpc) is 1.80. The maximum absolute atomic E-state index is 12.3. The number of amides is 4. The number of benzene rings is 9. The lowest BCUT2D eigenvalue weighted by atomic mass is 10.0. The highest BCUT2D eigenvalue weighted by Crippen LogP contribution is 2.37. The Morgan fingerprint density at radius 1 is 0.355 bits per heavy atom. The van der Waals surface area contributed by atoms with Gasteiger partial charge in [0.2, 0.25) is 0 Å². The smallest absolute Gasteiger partial charge is 0.254 e. The third kappa shape index (κ3) is 26.1. The van der Waals surface area contributed by atoms with Crippen molar-refractivity contribution in [2.45, 2.75) is 173 Å². The molecule has 0 spiro atoms. The van der Waals surface area contributed by atoms with E-state index in [1.54, 1.807) is 0 Å². The number of phenols is 4. The van der Waals surface area contributed by atoms with Crippen LogP contribution in [0.4, 0.5) is 46.0 Å². The van der Waals surface area contributed by atoms with Crippen LogP contribution in [0.5, 0.6) is 23.0 Å². The summed E-state index contributed by atoms with van der Waals surface area (Å²) < 4.78 is 5.83. The number of aryl methyl sites for hydroxylation is 10. The highest BCUT2D eigenvalue weighted by Gasteiger charge is 2.29. The first-order valence-corrected chi connectivity index (χ1v) is 48.7. The zero-order chi connectivity index (χ0) is 101. The molecule has 17 rings (SSSR count). The molecule has 0 unspecified atom stereocenters. The quantitative estimate of drug-likeness (QED) is 0.0199. The van der Waals surface area contributed by atoms with Gasteiger partial charge in [0.05, 0.1) is 45.7 Å². The first kappa shape index (κ1) is 102. The fourth-order valence-corrected chi connectivity index (χ4v) is 19.7. The molecule has 4 aliphatic heterocycles. The van der Waals surface area contributed by atoms with Gasteiger partial charge in [-0.1, -0.05) is 133 Å². The van der Waals surface area contributed by atoms with Gasteiger partial charge in [0.15, 0.2) is 23.3 Å². The predicted molar refractivity (Wildman–Crippen MR) is 561 cm³/mol. The summed E-state index contributed by atoms with van der Waals surface area (Å²) in [5, 5.41) is 82.8. The van der Waals surface area contributed by atoms with Crippen LogP contribution in [-0.4, -0.2) is 192 Å². The molecular formula is C109H135ClN22O9. The molecule has 2 atom stereocenters. The molecule has 31 nitrogen and oxygen atoms in total. The predicted octanol–water partition coefficient (Wildman–Crippen LogP) is 16.1. The van der Waals surface area contributed by atoms with E-state index in [1.807, 2.05) is 122 Å². The second-order valence-electron chi connectivity index (χ2n) is 38.0. The third-order valence-electron chi connectivity index (χ3n) is 26.7. The number of anilines is 8. The van der Waals surface area contributed by atoms with Gasteiger partial charge >= 0.3 is 0 Å². The number of primary amides is 4. The number of morpholine rings is 1. The molecule has 0 bridgehead atoms. The maximum atomic E-state index is 12.3. The Morgan fingerprint density at radius 2 is 0.660 bits per heavy atom. The zero-order valence-corrected chi connectivity index (χ0v) is 83.9. The number of piperazine rings is 2. The molecule has 20 N–H and O–H groups in total. The number of ether oxygens (including phenoxy) is 1. The molecular weight excluding hydrogens is 1800 g/mol. The fraction of sp³-hybridized carbons (Fsp3) is 0.358. The maximum Gasteiger partial charge on any atom is 0.254 e. The zero-order valence-electron chi connectivity index (χ0n) is 83.1. The summed E-state index contributed by atoms with van der Waals surface area (Å²) in [6.07, 6.45) is 6.12. The number of phenolic OH excluding ortho intramolecular Hbond substituents is 4. The minimum atomic E-state index is -0.562. The Morgan fingerprint density at radius 3 is 0.993 bits per heavy atom.